The SMILES string of the molecule is C[C@H](NCCC1CCCCN1C)c1ccccc1Br. The van der Waals surface area contributed by atoms with Gasteiger partial charge < -0.3 is 10.2 Å². The van der Waals surface area contributed by atoms with E-state index in [4.69, 9.17) is 0 Å². The van der Waals surface area contributed by atoms with Crippen molar-refractivity contribution in [3.05, 3.63) is 34.3 Å². The molecule has 2 atom stereocenters. The Hall–Kier alpha value is -0.380. The van der Waals surface area contributed by atoms with Crippen LogP contribution in [-0.4, -0.2) is 31.1 Å². The lowest BCUT2D eigenvalue weighted by molar-refractivity contribution is 0.174. The fourth-order valence-electron chi connectivity index (χ4n) is 2.91. The van der Waals surface area contributed by atoms with Crippen molar-refractivity contribution in [1.29, 1.82) is 0 Å². The summed E-state index contributed by atoms with van der Waals surface area (Å²) in [7, 11) is 2.26. The second-order valence-electron chi connectivity index (χ2n) is 5.62. The summed E-state index contributed by atoms with van der Waals surface area (Å²) in [5.41, 5.74) is 1.35. The normalized spacial score (nSPS) is 22.4. The molecule has 0 radical (unpaired) electrons. The van der Waals surface area contributed by atoms with E-state index in [1.165, 1.54) is 42.3 Å². The van der Waals surface area contributed by atoms with Crippen molar-refractivity contribution in [2.24, 2.45) is 0 Å². The lowest BCUT2D eigenvalue weighted by Crippen LogP contribution is -2.38. The number of nitrogens with zero attached hydrogens (tertiary/aromatic N) is 1. The molecule has 1 N–H and O–H groups in total. The first kappa shape index (κ1) is 15.0. The molecule has 1 aromatic carbocycles. The molecule has 3 heteroatoms. The van der Waals surface area contributed by atoms with Gasteiger partial charge in [0, 0.05) is 16.6 Å². The van der Waals surface area contributed by atoms with Gasteiger partial charge in [-0.2, -0.15) is 0 Å². The van der Waals surface area contributed by atoms with Crippen LogP contribution in [0.3, 0.4) is 0 Å². The predicted octanol–water partition coefficient (Wildman–Crippen LogP) is 3.97. The summed E-state index contributed by atoms with van der Waals surface area (Å²) < 4.78 is 1.20. The molecule has 1 saturated heterocycles. The van der Waals surface area contributed by atoms with Gasteiger partial charge in [0.1, 0.15) is 0 Å². The van der Waals surface area contributed by atoms with E-state index in [0.717, 1.165) is 12.6 Å². The third-order valence-electron chi connectivity index (χ3n) is 4.22. The summed E-state index contributed by atoms with van der Waals surface area (Å²) in [5.74, 6) is 0. The predicted molar refractivity (Wildman–Crippen MR) is 85.4 cm³/mol. The zero-order valence-corrected chi connectivity index (χ0v) is 13.6. The molecule has 19 heavy (non-hydrogen) atoms. The Morgan fingerprint density at radius 3 is 2.89 bits per heavy atom. The standard InChI is InChI=1S/C16H25BrN2/c1-13(15-8-3-4-9-16(15)17)18-11-10-14-7-5-6-12-19(14)2/h3-4,8-9,13-14,18H,5-7,10-12H2,1-2H3/t13-,14?/m0/s1. The van der Waals surface area contributed by atoms with Crippen LogP contribution in [0.25, 0.3) is 0 Å². The van der Waals surface area contributed by atoms with E-state index in [1.807, 2.05) is 0 Å². The minimum Gasteiger partial charge on any atom is -0.310 e. The van der Waals surface area contributed by atoms with Gasteiger partial charge in [-0.05, 0) is 58.0 Å². The van der Waals surface area contributed by atoms with Crippen molar-refractivity contribution in [3.63, 3.8) is 0 Å². The number of benzene rings is 1. The second-order valence-corrected chi connectivity index (χ2v) is 6.47. The highest BCUT2D eigenvalue weighted by Gasteiger charge is 2.18. The maximum Gasteiger partial charge on any atom is 0.0302 e. The van der Waals surface area contributed by atoms with Crippen LogP contribution in [0.15, 0.2) is 28.7 Å². The van der Waals surface area contributed by atoms with Crippen molar-refractivity contribution < 1.29 is 0 Å². The van der Waals surface area contributed by atoms with E-state index in [9.17, 15) is 0 Å². The average Bonchev–Trinajstić information content (AvgIpc) is 2.41. The first-order valence-electron chi connectivity index (χ1n) is 7.36. The summed E-state index contributed by atoms with van der Waals surface area (Å²) >= 11 is 3.63. The van der Waals surface area contributed by atoms with Crippen LogP contribution in [0.2, 0.25) is 0 Å². The maximum atomic E-state index is 3.65. The van der Waals surface area contributed by atoms with E-state index in [0.29, 0.717) is 6.04 Å². The molecule has 1 aliphatic heterocycles. The quantitative estimate of drug-likeness (QED) is 0.881. The number of rotatable bonds is 5. The summed E-state index contributed by atoms with van der Waals surface area (Å²) in [6.45, 7) is 4.60. The van der Waals surface area contributed by atoms with Gasteiger partial charge in [0.2, 0.25) is 0 Å². The lowest BCUT2D eigenvalue weighted by Gasteiger charge is -2.32. The van der Waals surface area contributed by atoms with Gasteiger partial charge in [-0.25, -0.2) is 0 Å². The van der Waals surface area contributed by atoms with Gasteiger partial charge in [0.15, 0.2) is 0 Å². The molecular formula is C16H25BrN2. The van der Waals surface area contributed by atoms with E-state index in [-0.39, 0.29) is 0 Å². The molecule has 2 nitrogen and oxygen atoms in total. The van der Waals surface area contributed by atoms with Crippen LogP contribution in [0.1, 0.15) is 44.2 Å². The zero-order chi connectivity index (χ0) is 13.7. The number of halogens is 1. The molecule has 1 unspecified atom stereocenters. The van der Waals surface area contributed by atoms with E-state index < -0.39 is 0 Å². The molecular weight excluding hydrogens is 300 g/mol. The first-order valence-corrected chi connectivity index (χ1v) is 8.16. The van der Waals surface area contributed by atoms with Crippen LogP contribution in [-0.2, 0) is 0 Å². The van der Waals surface area contributed by atoms with Gasteiger partial charge in [-0.15, -0.1) is 0 Å². The molecule has 1 fully saturated rings. The van der Waals surface area contributed by atoms with Crippen molar-refractivity contribution in [3.8, 4) is 0 Å². The maximum absolute atomic E-state index is 3.65. The highest BCUT2D eigenvalue weighted by molar-refractivity contribution is 9.10. The first-order chi connectivity index (χ1) is 9.18. The second kappa shape index (κ2) is 7.41. The Kier molecular flexibility index (Phi) is 5.86. The van der Waals surface area contributed by atoms with Crippen molar-refractivity contribution in [2.45, 2.75) is 44.7 Å². The van der Waals surface area contributed by atoms with Crippen LogP contribution >= 0.6 is 15.9 Å². The van der Waals surface area contributed by atoms with Gasteiger partial charge in [-0.1, -0.05) is 40.5 Å². The minimum absolute atomic E-state index is 0.407. The van der Waals surface area contributed by atoms with E-state index >= 15 is 0 Å². The topological polar surface area (TPSA) is 15.3 Å². The number of nitrogens with one attached hydrogen (secondary N) is 1. The average molecular weight is 325 g/mol. The summed E-state index contributed by atoms with van der Waals surface area (Å²) in [6, 6.07) is 9.65. The molecule has 0 aromatic heterocycles. The van der Waals surface area contributed by atoms with Crippen molar-refractivity contribution >= 4 is 15.9 Å². The molecule has 0 spiro atoms. The molecule has 0 bridgehead atoms. The Balaban J connectivity index is 1.77. The van der Waals surface area contributed by atoms with Crippen LogP contribution in [0, 0.1) is 0 Å². The lowest BCUT2D eigenvalue weighted by atomic mass is 10.00. The molecule has 1 aromatic rings. The van der Waals surface area contributed by atoms with Gasteiger partial charge in [0.05, 0.1) is 0 Å². The molecule has 0 amide bonds. The Morgan fingerprint density at radius 2 is 2.16 bits per heavy atom. The Bertz CT molecular complexity index is 394. The van der Waals surface area contributed by atoms with Crippen LogP contribution in [0.4, 0.5) is 0 Å². The zero-order valence-electron chi connectivity index (χ0n) is 12.0. The molecule has 1 aliphatic rings. The van der Waals surface area contributed by atoms with Gasteiger partial charge in [-0.3, -0.25) is 0 Å². The van der Waals surface area contributed by atoms with Crippen LogP contribution in [0.5, 0.6) is 0 Å². The highest BCUT2D eigenvalue weighted by atomic mass is 79.9. The molecule has 0 aliphatic carbocycles. The van der Waals surface area contributed by atoms with Crippen molar-refractivity contribution in [2.75, 3.05) is 20.1 Å². The Labute approximate surface area is 125 Å². The third kappa shape index (κ3) is 4.30. The molecule has 106 valence electrons. The summed E-state index contributed by atoms with van der Waals surface area (Å²) in [6.07, 6.45) is 5.38. The Morgan fingerprint density at radius 1 is 1.37 bits per heavy atom. The highest BCUT2D eigenvalue weighted by Crippen LogP contribution is 2.23. The molecule has 0 saturated carbocycles. The third-order valence-corrected chi connectivity index (χ3v) is 4.94. The number of hydrogen-bond donors (Lipinski definition) is 1. The number of hydrogen-bond acceptors (Lipinski definition) is 2. The van der Waals surface area contributed by atoms with E-state index in [1.54, 1.807) is 0 Å². The molecule has 2 rings (SSSR count). The summed E-state index contributed by atoms with van der Waals surface area (Å²) in [5, 5.41) is 3.65. The van der Waals surface area contributed by atoms with Crippen molar-refractivity contribution in [1.82, 2.24) is 10.2 Å². The van der Waals surface area contributed by atoms with Gasteiger partial charge in [0.25, 0.3) is 0 Å². The summed E-state index contributed by atoms with van der Waals surface area (Å²) in [4.78, 5) is 2.52. The monoisotopic (exact) mass is 324 g/mol. The van der Waals surface area contributed by atoms with E-state index in [2.05, 4.69) is 64.4 Å². The largest absolute Gasteiger partial charge is 0.310 e. The minimum atomic E-state index is 0.407. The fourth-order valence-corrected chi connectivity index (χ4v) is 3.54. The number of piperidine rings is 1. The van der Waals surface area contributed by atoms with Gasteiger partial charge >= 0.3 is 0 Å². The number of likely N-dealkylation sites (tertiary alicyclic amines) is 1. The smallest absolute Gasteiger partial charge is 0.0302 e. The van der Waals surface area contributed by atoms with Crippen LogP contribution < -0.4 is 5.32 Å². The molecule has 1 heterocycles. The fraction of sp³-hybridized carbons (Fsp3) is 0.625.